The SMILES string of the molecule is O=c1ccn(C2OC(CO)C(O)[C@]23CCCO3)c(=O)[nH]1. The van der Waals surface area contributed by atoms with Gasteiger partial charge in [0.1, 0.15) is 17.8 Å². The average molecular weight is 284 g/mol. The molecular formula is C12H16N2O6. The minimum atomic E-state index is -1.06. The molecule has 0 radical (unpaired) electrons. The van der Waals surface area contributed by atoms with Crippen LogP contribution in [0.1, 0.15) is 19.1 Å². The van der Waals surface area contributed by atoms with Crippen LogP contribution in [0, 0.1) is 0 Å². The van der Waals surface area contributed by atoms with Crippen LogP contribution in [-0.2, 0) is 9.47 Å². The topological polar surface area (TPSA) is 114 Å². The van der Waals surface area contributed by atoms with Crippen LogP contribution in [0.15, 0.2) is 21.9 Å². The lowest BCUT2D eigenvalue weighted by Crippen LogP contribution is -2.48. The zero-order valence-electron chi connectivity index (χ0n) is 10.7. The van der Waals surface area contributed by atoms with Gasteiger partial charge in [-0.25, -0.2) is 4.79 Å². The summed E-state index contributed by atoms with van der Waals surface area (Å²) in [6.07, 6.45) is -0.173. The Morgan fingerprint density at radius 3 is 2.90 bits per heavy atom. The van der Waals surface area contributed by atoms with Crippen LogP contribution < -0.4 is 11.2 Å². The lowest BCUT2D eigenvalue weighted by Gasteiger charge is -2.31. The monoisotopic (exact) mass is 284 g/mol. The summed E-state index contributed by atoms with van der Waals surface area (Å²) in [5.74, 6) is 0. The molecule has 3 rings (SSSR count). The van der Waals surface area contributed by atoms with Crippen LogP contribution in [-0.4, -0.2) is 50.8 Å². The Balaban J connectivity index is 2.06. The molecule has 0 aliphatic carbocycles. The minimum Gasteiger partial charge on any atom is -0.394 e. The summed E-state index contributed by atoms with van der Waals surface area (Å²) in [5, 5.41) is 19.6. The molecule has 8 nitrogen and oxygen atoms in total. The van der Waals surface area contributed by atoms with E-state index in [2.05, 4.69) is 4.98 Å². The Hall–Kier alpha value is -1.48. The van der Waals surface area contributed by atoms with Crippen LogP contribution in [0.25, 0.3) is 0 Å². The molecule has 1 spiro atoms. The van der Waals surface area contributed by atoms with Gasteiger partial charge in [0.15, 0.2) is 6.23 Å². The summed E-state index contributed by atoms with van der Waals surface area (Å²) < 4.78 is 12.4. The third-order valence-corrected chi connectivity index (χ3v) is 3.94. The van der Waals surface area contributed by atoms with Gasteiger partial charge in [-0.15, -0.1) is 0 Å². The fourth-order valence-corrected chi connectivity index (χ4v) is 2.98. The van der Waals surface area contributed by atoms with E-state index in [0.29, 0.717) is 13.0 Å². The third kappa shape index (κ3) is 1.84. The molecule has 110 valence electrons. The summed E-state index contributed by atoms with van der Waals surface area (Å²) >= 11 is 0. The molecule has 2 fully saturated rings. The maximum absolute atomic E-state index is 11.9. The Kier molecular flexibility index (Phi) is 3.25. The van der Waals surface area contributed by atoms with Crippen LogP contribution >= 0.6 is 0 Å². The molecule has 0 aromatic carbocycles. The third-order valence-electron chi connectivity index (χ3n) is 3.94. The van der Waals surface area contributed by atoms with Crippen LogP contribution in [0.4, 0.5) is 0 Å². The lowest BCUT2D eigenvalue weighted by atomic mass is 9.91. The normalized spacial score (nSPS) is 36.8. The average Bonchev–Trinajstić information content (AvgIpc) is 3.00. The number of aromatic amines is 1. The highest BCUT2D eigenvalue weighted by molar-refractivity contribution is 5.06. The van der Waals surface area contributed by atoms with Crippen molar-refractivity contribution in [2.75, 3.05) is 13.2 Å². The molecule has 3 heterocycles. The highest BCUT2D eigenvalue weighted by atomic mass is 16.6. The van der Waals surface area contributed by atoms with Gasteiger partial charge < -0.3 is 19.7 Å². The number of aliphatic hydroxyl groups is 2. The number of ether oxygens (including phenoxy) is 2. The number of nitrogens with one attached hydrogen (secondary N) is 1. The predicted molar refractivity (Wildman–Crippen MR) is 66.2 cm³/mol. The zero-order chi connectivity index (χ0) is 14.3. The van der Waals surface area contributed by atoms with Crippen molar-refractivity contribution in [1.29, 1.82) is 0 Å². The van der Waals surface area contributed by atoms with Crippen molar-refractivity contribution in [3.8, 4) is 0 Å². The fraction of sp³-hybridized carbons (Fsp3) is 0.667. The smallest absolute Gasteiger partial charge is 0.330 e. The first-order chi connectivity index (χ1) is 9.58. The van der Waals surface area contributed by atoms with Crippen LogP contribution in [0.5, 0.6) is 0 Å². The van der Waals surface area contributed by atoms with E-state index in [1.807, 2.05) is 0 Å². The molecule has 3 N–H and O–H groups in total. The molecule has 4 atom stereocenters. The number of H-pyrrole nitrogens is 1. The van der Waals surface area contributed by atoms with E-state index in [4.69, 9.17) is 9.47 Å². The van der Waals surface area contributed by atoms with Gasteiger partial charge in [-0.3, -0.25) is 14.3 Å². The standard InChI is InChI=1S/C12H16N2O6/c15-6-7-9(17)12(3-1-5-19-12)10(20-7)14-4-2-8(16)13-11(14)18/h2,4,7,9-10,15,17H,1,3,5-6H2,(H,13,16,18)/t7?,9?,10?,12-/m1/s1. The molecule has 2 aliphatic heterocycles. The summed E-state index contributed by atoms with van der Waals surface area (Å²) in [4.78, 5) is 25.2. The first kappa shape index (κ1) is 13.5. The quantitative estimate of drug-likeness (QED) is 0.599. The molecule has 3 unspecified atom stereocenters. The van der Waals surface area contributed by atoms with Crippen molar-refractivity contribution in [3.63, 3.8) is 0 Å². The van der Waals surface area contributed by atoms with E-state index in [1.165, 1.54) is 16.8 Å². The van der Waals surface area contributed by atoms with Gasteiger partial charge in [0, 0.05) is 18.9 Å². The first-order valence-electron chi connectivity index (χ1n) is 6.48. The second kappa shape index (κ2) is 4.81. The van der Waals surface area contributed by atoms with Crippen molar-refractivity contribution in [3.05, 3.63) is 33.1 Å². The molecule has 0 bridgehead atoms. The number of aliphatic hydroxyl groups excluding tert-OH is 2. The van der Waals surface area contributed by atoms with Crippen molar-refractivity contribution in [2.45, 2.75) is 36.9 Å². The van der Waals surface area contributed by atoms with E-state index in [-0.39, 0.29) is 6.61 Å². The van der Waals surface area contributed by atoms with E-state index >= 15 is 0 Å². The predicted octanol–water partition coefficient (Wildman–Crippen LogP) is -1.66. The first-order valence-corrected chi connectivity index (χ1v) is 6.48. The number of rotatable bonds is 2. The molecule has 1 aromatic rings. The van der Waals surface area contributed by atoms with Gasteiger partial charge in [-0.2, -0.15) is 0 Å². The van der Waals surface area contributed by atoms with Crippen molar-refractivity contribution in [1.82, 2.24) is 9.55 Å². The number of nitrogens with zero attached hydrogens (tertiary/aromatic N) is 1. The van der Waals surface area contributed by atoms with Crippen molar-refractivity contribution in [2.24, 2.45) is 0 Å². The largest absolute Gasteiger partial charge is 0.394 e. The maximum Gasteiger partial charge on any atom is 0.330 e. The van der Waals surface area contributed by atoms with Crippen molar-refractivity contribution < 1.29 is 19.7 Å². The van der Waals surface area contributed by atoms with Gasteiger partial charge >= 0.3 is 5.69 Å². The number of hydrogen-bond acceptors (Lipinski definition) is 6. The maximum atomic E-state index is 11.9. The molecule has 2 saturated heterocycles. The van der Waals surface area contributed by atoms with Gasteiger partial charge in [-0.05, 0) is 12.8 Å². The summed E-state index contributed by atoms with van der Waals surface area (Å²) in [5.41, 5.74) is -2.21. The second-order valence-corrected chi connectivity index (χ2v) is 5.08. The minimum absolute atomic E-state index is 0.374. The van der Waals surface area contributed by atoms with E-state index < -0.39 is 35.3 Å². The molecule has 2 aliphatic rings. The molecule has 20 heavy (non-hydrogen) atoms. The summed E-state index contributed by atoms with van der Waals surface area (Å²) in [6.45, 7) is 0.0774. The van der Waals surface area contributed by atoms with Gasteiger partial charge in [0.05, 0.1) is 6.61 Å². The molecule has 0 amide bonds. The van der Waals surface area contributed by atoms with Crippen molar-refractivity contribution >= 4 is 0 Å². The van der Waals surface area contributed by atoms with E-state index in [9.17, 15) is 19.8 Å². The second-order valence-electron chi connectivity index (χ2n) is 5.08. The summed E-state index contributed by atoms with van der Waals surface area (Å²) in [6, 6.07) is 1.20. The van der Waals surface area contributed by atoms with Gasteiger partial charge in [-0.1, -0.05) is 0 Å². The van der Waals surface area contributed by atoms with E-state index in [0.717, 1.165) is 6.42 Å². The van der Waals surface area contributed by atoms with Gasteiger partial charge in [0.25, 0.3) is 5.56 Å². The van der Waals surface area contributed by atoms with Crippen LogP contribution in [0.2, 0.25) is 0 Å². The van der Waals surface area contributed by atoms with Gasteiger partial charge in [0.2, 0.25) is 0 Å². The summed E-state index contributed by atoms with van der Waals surface area (Å²) in [7, 11) is 0. The molecule has 0 saturated carbocycles. The fourth-order valence-electron chi connectivity index (χ4n) is 2.98. The zero-order valence-corrected chi connectivity index (χ0v) is 10.7. The van der Waals surface area contributed by atoms with Crippen LogP contribution in [0.3, 0.4) is 0 Å². The van der Waals surface area contributed by atoms with E-state index in [1.54, 1.807) is 0 Å². The Labute approximate surface area is 113 Å². The number of hydrogen-bond donors (Lipinski definition) is 3. The number of aromatic nitrogens is 2. The molecule has 1 aromatic heterocycles. The Morgan fingerprint density at radius 1 is 1.50 bits per heavy atom. The molecular weight excluding hydrogens is 268 g/mol. The molecule has 8 heteroatoms. The Bertz CT molecular complexity index is 602. The Morgan fingerprint density at radius 2 is 2.30 bits per heavy atom. The lowest BCUT2D eigenvalue weighted by molar-refractivity contribution is -0.122. The highest BCUT2D eigenvalue weighted by Gasteiger charge is 2.59. The highest BCUT2D eigenvalue weighted by Crippen LogP contribution is 2.46.